The molecular formula is C11H13ClF3NO. The van der Waals surface area contributed by atoms with E-state index in [1.165, 1.54) is 12.1 Å². The molecule has 0 fully saturated rings. The molecule has 1 aromatic rings. The van der Waals surface area contributed by atoms with Crippen LogP contribution in [0.3, 0.4) is 0 Å². The molecule has 0 atom stereocenters. The first-order valence-electron chi connectivity index (χ1n) is 4.86. The van der Waals surface area contributed by atoms with Gasteiger partial charge in [0.15, 0.2) is 5.78 Å². The number of halogens is 4. The highest BCUT2D eigenvalue weighted by atomic mass is 35.5. The van der Waals surface area contributed by atoms with E-state index < -0.39 is 11.7 Å². The van der Waals surface area contributed by atoms with Crippen LogP contribution in [-0.4, -0.2) is 12.3 Å². The number of nitrogens with one attached hydrogen (secondary N) is 1. The van der Waals surface area contributed by atoms with E-state index in [1.54, 1.807) is 6.92 Å². The van der Waals surface area contributed by atoms with Crippen molar-refractivity contribution < 1.29 is 18.0 Å². The Morgan fingerprint density at radius 1 is 1.35 bits per heavy atom. The molecule has 0 amide bonds. The normalized spacial score (nSPS) is 10.6. The number of Topliss-reactive ketones (excluding diaryl/α,β-unsaturated/α-hetero) is 1. The Bertz CT molecular complexity index is 379. The van der Waals surface area contributed by atoms with Crippen molar-refractivity contribution in [2.45, 2.75) is 19.5 Å². The van der Waals surface area contributed by atoms with E-state index in [0.717, 1.165) is 12.1 Å². The van der Waals surface area contributed by atoms with Crippen molar-refractivity contribution in [1.29, 1.82) is 0 Å². The van der Waals surface area contributed by atoms with Gasteiger partial charge in [0.05, 0.1) is 12.1 Å². The third kappa shape index (κ3) is 5.08. The minimum Gasteiger partial charge on any atom is -0.378 e. The highest BCUT2D eigenvalue weighted by molar-refractivity contribution is 5.85. The number of rotatable bonds is 4. The zero-order chi connectivity index (χ0) is 12.2. The van der Waals surface area contributed by atoms with Crippen molar-refractivity contribution in [3.8, 4) is 0 Å². The Morgan fingerprint density at radius 2 is 2.00 bits per heavy atom. The van der Waals surface area contributed by atoms with Crippen molar-refractivity contribution in [3.05, 3.63) is 29.8 Å². The summed E-state index contributed by atoms with van der Waals surface area (Å²) in [5.74, 6) is -0.0441. The molecule has 0 aliphatic heterocycles. The van der Waals surface area contributed by atoms with Crippen molar-refractivity contribution in [1.82, 2.24) is 0 Å². The van der Waals surface area contributed by atoms with Crippen molar-refractivity contribution in [2.75, 3.05) is 11.9 Å². The topological polar surface area (TPSA) is 29.1 Å². The average molecular weight is 268 g/mol. The van der Waals surface area contributed by atoms with Gasteiger partial charge in [0.2, 0.25) is 0 Å². The van der Waals surface area contributed by atoms with Crippen LogP contribution in [0.15, 0.2) is 24.3 Å². The van der Waals surface area contributed by atoms with Gasteiger partial charge in [-0.05, 0) is 18.2 Å². The first kappa shape index (κ1) is 15.8. The van der Waals surface area contributed by atoms with E-state index in [0.29, 0.717) is 12.1 Å². The Labute approximate surface area is 104 Å². The lowest BCUT2D eigenvalue weighted by Crippen LogP contribution is -2.13. The Morgan fingerprint density at radius 3 is 2.53 bits per heavy atom. The van der Waals surface area contributed by atoms with Crippen LogP contribution in [0.1, 0.15) is 18.9 Å². The molecule has 0 saturated carbocycles. The first-order chi connectivity index (χ1) is 7.43. The molecule has 0 heterocycles. The molecule has 0 aliphatic carbocycles. The minimum atomic E-state index is -4.35. The fourth-order valence-electron chi connectivity index (χ4n) is 1.13. The lowest BCUT2D eigenvalue weighted by molar-refractivity contribution is -0.137. The van der Waals surface area contributed by atoms with Crippen LogP contribution in [-0.2, 0) is 11.0 Å². The SMILES string of the molecule is CCC(=O)CNc1cccc(C(F)(F)F)c1.Cl. The highest BCUT2D eigenvalue weighted by Crippen LogP contribution is 2.30. The van der Waals surface area contributed by atoms with Gasteiger partial charge in [-0.2, -0.15) is 13.2 Å². The Hall–Kier alpha value is -1.23. The maximum absolute atomic E-state index is 12.3. The van der Waals surface area contributed by atoms with Crippen LogP contribution in [0.5, 0.6) is 0 Å². The predicted molar refractivity (Wildman–Crippen MR) is 62.5 cm³/mol. The number of carbonyl (C=O) groups excluding carboxylic acids is 1. The van der Waals surface area contributed by atoms with Gasteiger partial charge in [-0.25, -0.2) is 0 Å². The maximum atomic E-state index is 12.3. The molecule has 0 saturated heterocycles. The smallest absolute Gasteiger partial charge is 0.378 e. The van der Waals surface area contributed by atoms with Gasteiger partial charge in [0.1, 0.15) is 0 Å². The number of benzene rings is 1. The summed E-state index contributed by atoms with van der Waals surface area (Å²) < 4.78 is 37.0. The van der Waals surface area contributed by atoms with Gasteiger partial charge in [0, 0.05) is 12.1 Å². The van der Waals surface area contributed by atoms with Crippen LogP contribution in [0, 0.1) is 0 Å². The second-order valence-corrected chi connectivity index (χ2v) is 3.32. The van der Waals surface area contributed by atoms with Crippen molar-refractivity contribution in [3.63, 3.8) is 0 Å². The van der Waals surface area contributed by atoms with Crippen molar-refractivity contribution >= 4 is 23.9 Å². The van der Waals surface area contributed by atoms with Crippen LogP contribution in [0.4, 0.5) is 18.9 Å². The second-order valence-electron chi connectivity index (χ2n) is 3.32. The standard InChI is InChI=1S/C11H12F3NO.ClH/c1-2-10(16)7-15-9-5-3-4-8(6-9)11(12,13)14;/h3-6,15H,2,7H2,1H3;1H. The predicted octanol–water partition coefficient (Wildman–Crippen LogP) is 3.52. The fourth-order valence-corrected chi connectivity index (χ4v) is 1.13. The lowest BCUT2D eigenvalue weighted by Gasteiger charge is -2.09. The maximum Gasteiger partial charge on any atom is 0.416 e. The average Bonchev–Trinajstić information content (AvgIpc) is 2.25. The summed E-state index contributed by atoms with van der Waals surface area (Å²) in [6.45, 7) is 1.76. The summed E-state index contributed by atoms with van der Waals surface area (Å²) in [7, 11) is 0. The van der Waals surface area contributed by atoms with Gasteiger partial charge in [-0.1, -0.05) is 13.0 Å². The number of alkyl halides is 3. The first-order valence-corrected chi connectivity index (χ1v) is 4.86. The molecule has 6 heteroatoms. The molecular weight excluding hydrogens is 255 g/mol. The summed E-state index contributed by atoms with van der Waals surface area (Å²) >= 11 is 0. The Kier molecular flexibility index (Phi) is 6.02. The van der Waals surface area contributed by atoms with Gasteiger partial charge in [-0.15, -0.1) is 12.4 Å². The largest absolute Gasteiger partial charge is 0.416 e. The van der Waals surface area contributed by atoms with Crippen LogP contribution in [0.25, 0.3) is 0 Å². The number of hydrogen-bond donors (Lipinski definition) is 1. The fraction of sp³-hybridized carbons (Fsp3) is 0.364. The molecule has 1 rings (SSSR count). The van der Waals surface area contributed by atoms with E-state index in [-0.39, 0.29) is 24.7 Å². The van der Waals surface area contributed by atoms with Gasteiger partial charge in [0.25, 0.3) is 0 Å². The summed E-state index contributed by atoms with van der Waals surface area (Å²) in [6.07, 6.45) is -3.99. The summed E-state index contributed by atoms with van der Waals surface area (Å²) in [5.41, 5.74) is -0.418. The molecule has 2 nitrogen and oxygen atoms in total. The number of anilines is 1. The Balaban J connectivity index is 0.00000256. The quantitative estimate of drug-likeness (QED) is 0.904. The van der Waals surface area contributed by atoms with Crippen LogP contribution >= 0.6 is 12.4 Å². The molecule has 0 aliphatic rings. The molecule has 1 N–H and O–H groups in total. The molecule has 96 valence electrons. The van der Waals surface area contributed by atoms with E-state index in [4.69, 9.17) is 0 Å². The van der Waals surface area contributed by atoms with Crippen LogP contribution in [0.2, 0.25) is 0 Å². The third-order valence-corrected chi connectivity index (χ3v) is 2.07. The zero-order valence-corrected chi connectivity index (χ0v) is 9.99. The molecule has 17 heavy (non-hydrogen) atoms. The monoisotopic (exact) mass is 267 g/mol. The summed E-state index contributed by atoms with van der Waals surface area (Å²) in [6, 6.07) is 4.79. The van der Waals surface area contributed by atoms with E-state index in [2.05, 4.69) is 5.32 Å². The van der Waals surface area contributed by atoms with E-state index in [1.807, 2.05) is 0 Å². The van der Waals surface area contributed by atoms with Gasteiger partial charge in [-0.3, -0.25) is 4.79 Å². The minimum absolute atomic E-state index is 0. The lowest BCUT2D eigenvalue weighted by atomic mass is 10.2. The van der Waals surface area contributed by atoms with E-state index in [9.17, 15) is 18.0 Å². The molecule has 0 radical (unpaired) electrons. The second kappa shape index (κ2) is 6.49. The third-order valence-electron chi connectivity index (χ3n) is 2.07. The summed E-state index contributed by atoms with van der Waals surface area (Å²) in [4.78, 5) is 11.0. The number of carbonyl (C=O) groups is 1. The number of ketones is 1. The summed E-state index contributed by atoms with van der Waals surface area (Å²) in [5, 5.41) is 2.66. The molecule has 0 aromatic heterocycles. The molecule has 1 aromatic carbocycles. The highest BCUT2D eigenvalue weighted by Gasteiger charge is 2.30. The molecule has 0 bridgehead atoms. The molecule has 0 unspecified atom stereocenters. The van der Waals surface area contributed by atoms with E-state index >= 15 is 0 Å². The van der Waals surface area contributed by atoms with Gasteiger partial charge < -0.3 is 5.32 Å². The van der Waals surface area contributed by atoms with Gasteiger partial charge >= 0.3 is 6.18 Å². The molecule has 0 spiro atoms. The number of hydrogen-bond acceptors (Lipinski definition) is 2. The van der Waals surface area contributed by atoms with Crippen molar-refractivity contribution in [2.24, 2.45) is 0 Å². The zero-order valence-electron chi connectivity index (χ0n) is 9.17. The van der Waals surface area contributed by atoms with Crippen LogP contribution < -0.4 is 5.32 Å².